The zero-order valence-electron chi connectivity index (χ0n) is 12.1. The zero-order chi connectivity index (χ0) is 13.9. The normalized spacial score (nSPS) is 23.6. The average molecular weight is 264 g/mol. The van der Waals surface area contributed by atoms with Gasteiger partial charge in [0.05, 0.1) is 14.2 Å². The van der Waals surface area contributed by atoms with E-state index in [1.54, 1.807) is 14.2 Å². The molecule has 1 unspecified atom stereocenters. The van der Waals surface area contributed by atoms with Gasteiger partial charge in [0, 0.05) is 18.7 Å². The Kier molecular flexibility index (Phi) is 4.32. The van der Waals surface area contributed by atoms with Crippen molar-refractivity contribution in [2.24, 2.45) is 11.1 Å². The maximum Gasteiger partial charge on any atom is 0.123 e. The van der Waals surface area contributed by atoms with Crippen LogP contribution in [0.5, 0.6) is 11.5 Å². The second-order valence-corrected chi connectivity index (χ2v) is 5.65. The number of methoxy groups -OCH3 is 2. The molecule has 19 heavy (non-hydrogen) atoms. The molecule has 0 aliphatic carbocycles. The molecule has 106 valence electrons. The molecule has 1 aliphatic rings. The second kappa shape index (κ2) is 5.80. The second-order valence-electron chi connectivity index (χ2n) is 5.65. The molecule has 0 radical (unpaired) electrons. The van der Waals surface area contributed by atoms with E-state index in [2.05, 4.69) is 17.9 Å². The molecule has 4 heteroatoms. The molecule has 1 saturated heterocycles. The first-order valence-corrected chi connectivity index (χ1v) is 6.73. The Bertz CT molecular complexity index is 436. The van der Waals surface area contributed by atoms with Crippen molar-refractivity contribution in [3.8, 4) is 11.5 Å². The number of likely N-dealkylation sites (tertiary alicyclic amines) is 1. The minimum atomic E-state index is 0.256. The van der Waals surface area contributed by atoms with Crippen LogP contribution in [-0.4, -0.2) is 38.8 Å². The summed E-state index contributed by atoms with van der Waals surface area (Å²) in [6.45, 7) is 6.03. The van der Waals surface area contributed by atoms with Crippen LogP contribution in [0.1, 0.15) is 18.9 Å². The Morgan fingerprint density at radius 3 is 2.68 bits per heavy atom. The van der Waals surface area contributed by atoms with E-state index >= 15 is 0 Å². The fraction of sp³-hybridized carbons (Fsp3) is 0.600. The Balaban J connectivity index is 2.10. The smallest absolute Gasteiger partial charge is 0.123 e. The van der Waals surface area contributed by atoms with Crippen molar-refractivity contribution in [3.63, 3.8) is 0 Å². The van der Waals surface area contributed by atoms with Gasteiger partial charge in [-0.3, -0.25) is 4.90 Å². The Morgan fingerprint density at radius 2 is 2.11 bits per heavy atom. The summed E-state index contributed by atoms with van der Waals surface area (Å²) in [6.07, 6.45) is 1.16. The largest absolute Gasteiger partial charge is 0.497 e. The fourth-order valence-electron chi connectivity index (χ4n) is 2.67. The van der Waals surface area contributed by atoms with Crippen molar-refractivity contribution in [1.29, 1.82) is 0 Å². The van der Waals surface area contributed by atoms with Crippen LogP contribution in [0.25, 0.3) is 0 Å². The molecule has 2 N–H and O–H groups in total. The molecule has 1 aromatic rings. The van der Waals surface area contributed by atoms with Gasteiger partial charge < -0.3 is 15.2 Å². The van der Waals surface area contributed by atoms with Gasteiger partial charge in [-0.25, -0.2) is 0 Å². The molecule has 0 amide bonds. The van der Waals surface area contributed by atoms with Gasteiger partial charge in [-0.2, -0.15) is 0 Å². The summed E-state index contributed by atoms with van der Waals surface area (Å²) >= 11 is 0. The molecular weight excluding hydrogens is 240 g/mol. The standard InChI is InChI=1S/C15H24N2O2/c1-15(10-16)6-7-17(11-15)9-12-8-13(18-2)4-5-14(12)19-3/h4-5,8H,6-7,9-11,16H2,1-3H3. The van der Waals surface area contributed by atoms with Crippen LogP contribution in [0.2, 0.25) is 0 Å². The van der Waals surface area contributed by atoms with Gasteiger partial charge in [-0.15, -0.1) is 0 Å². The van der Waals surface area contributed by atoms with E-state index in [1.807, 2.05) is 12.1 Å². The highest BCUT2D eigenvalue weighted by Crippen LogP contribution is 2.32. The third-order valence-corrected chi connectivity index (χ3v) is 4.01. The first-order valence-electron chi connectivity index (χ1n) is 6.73. The van der Waals surface area contributed by atoms with Crippen molar-refractivity contribution < 1.29 is 9.47 Å². The minimum absolute atomic E-state index is 0.256. The zero-order valence-corrected chi connectivity index (χ0v) is 12.1. The topological polar surface area (TPSA) is 47.7 Å². The average Bonchev–Trinajstić information content (AvgIpc) is 2.81. The van der Waals surface area contributed by atoms with Gasteiger partial charge in [0.15, 0.2) is 0 Å². The summed E-state index contributed by atoms with van der Waals surface area (Å²) in [4.78, 5) is 2.43. The third-order valence-electron chi connectivity index (χ3n) is 4.01. The van der Waals surface area contributed by atoms with Crippen LogP contribution in [0.3, 0.4) is 0 Å². The van der Waals surface area contributed by atoms with Crippen LogP contribution >= 0.6 is 0 Å². The Hall–Kier alpha value is -1.26. The van der Waals surface area contributed by atoms with E-state index in [-0.39, 0.29) is 5.41 Å². The van der Waals surface area contributed by atoms with Crippen LogP contribution in [-0.2, 0) is 6.54 Å². The molecule has 0 saturated carbocycles. The van der Waals surface area contributed by atoms with Crippen molar-refractivity contribution >= 4 is 0 Å². The monoisotopic (exact) mass is 264 g/mol. The molecule has 2 rings (SSSR count). The molecule has 4 nitrogen and oxygen atoms in total. The number of hydrogen-bond acceptors (Lipinski definition) is 4. The summed E-state index contributed by atoms with van der Waals surface area (Å²) in [5.41, 5.74) is 7.28. The van der Waals surface area contributed by atoms with E-state index in [0.717, 1.165) is 44.1 Å². The highest BCUT2D eigenvalue weighted by Gasteiger charge is 2.32. The van der Waals surface area contributed by atoms with Crippen LogP contribution in [0.15, 0.2) is 18.2 Å². The lowest BCUT2D eigenvalue weighted by Gasteiger charge is -2.23. The van der Waals surface area contributed by atoms with Gasteiger partial charge in [0.2, 0.25) is 0 Å². The van der Waals surface area contributed by atoms with E-state index in [4.69, 9.17) is 15.2 Å². The molecule has 0 aromatic heterocycles. The van der Waals surface area contributed by atoms with Crippen molar-refractivity contribution in [3.05, 3.63) is 23.8 Å². The molecule has 1 fully saturated rings. The number of ether oxygens (including phenoxy) is 2. The maximum atomic E-state index is 5.85. The molecule has 1 aliphatic heterocycles. The molecular formula is C15H24N2O2. The molecule has 1 heterocycles. The summed E-state index contributed by atoms with van der Waals surface area (Å²) < 4.78 is 10.7. The van der Waals surface area contributed by atoms with Gasteiger partial charge in [-0.05, 0) is 43.1 Å². The fourth-order valence-corrected chi connectivity index (χ4v) is 2.67. The Labute approximate surface area is 115 Å². The number of nitrogens with two attached hydrogens (primary N) is 1. The van der Waals surface area contributed by atoms with Crippen molar-refractivity contribution in [2.75, 3.05) is 33.9 Å². The molecule has 0 bridgehead atoms. The summed E-state index contributed by atoms with van der Waals surface area (Å²) in [5, 5.41) is 0. The number of hydrogen-bond donors (Lipinski definition) is 1. The van der Waals surface area contributed by atoms with Crippen LogP contribution < -0.4 is 15.2 Å². The molecule has 0 spiro atoms. The summed E-state index contributed by atoms with van der Waals surface area (Å²) in [5.74, 6) is 1.79. The lowest BCUT2D eigenvalue weighted by molar-refractivity contribution is 0.270. The van der Waals surface area contributed by atoms with Gasteiger partial charge in [0.1, 0.15) is 11.5 Å². The van der Waals surface area contributed by atoms with Gasteiger partial charge in [-0.1, -0.05) is 6.92 Å². The van der Waals surface area contributed by atoms with E-state index in [0.29, 0.717) is 0 Å². The number of rotatable bonds is 5. The van der Waals surface area contributed by atoms with Crippen LogP contribution in [0, 0.1) is 5.41 Å². The predicted molar refractivity (Wildman–Crippen MR) is 76.6 cm³/mol. The third kappa shape index (κ3) is 3.19. The first kappa shape index (κ1) is 14.2. The molecule has 1 atom stereocenters. The van der Waals surface area contributed by atoms with Crippen LogP contribution in [0.4, 0.5) is 0 Å². The Morgan fingerprint density at radius 1 is 1.32 bits per heavy atom. The van der Waals surface area contributed by atoms with E-state index in [9.17, 15) is 0 Å². The van der Waals surface area contributed by atoms with Gasteiger partial charge >= 0.3 is 0 Å². The maximum absolute atomic E-state index is 5.85. The molecule has 1 aromatic carbocycles. The summed E-state index contributed by atoms with van der Waals surface area (Å²) in [7, 11) is 3.40. The number of nitrogens with zero attached hydrogens (tertiary/aromatic N) is 1. The SMILES string of the molecule is COc1ccc(OC)c(CN2CCC(C)(CN)C2)c1. The minimum Gasteiger partial charge on any atom is -0.497 e. The van der Waals surface area contributed by atoms with Crippen molar-refractivity contribution in [1.82, 2.24) is 4.90 Å². The lowest BCUT2D eigenvalue weighted by Crippen LogP contribution is -2.31. The summed E-state index contributed by atoms with van der Waals surface area (Å²) in [6, 6.07) is 5.94. The highest BCUT2D eigenvalue weighted by atomic mass is 16.5. The van der Waals surface area contributed by atoms with Gasteiger partial charge in [0.25, 0.3) is 0 Å². The lowest BCUT2D eigenvalue weighted by atomic mass is 9.90. The highest BCUT2D eigenvalue weighted by molar-refractivity contribution is 5.40. The van der Waals surface area contributed by atoms with Crippen molar-refractivity contribution in [2.45, 2.75) is 19.9 Å². The quantitative estimate of drug-likeness (QED) is 0.882. The predicted octanol–water partition coefficient (Wildman–Crippen LogP) is 1.87. The number of benzene rings is 1. The van der Waals surface area contributed by atoms with E-state index in [1.165, 1.54) is 5.56 Å². The van der Waals surface area contributed by atoms with E-state index < -0.39 is 0 Å². The first-order chi connectivity index (χ1) is 9.10.